The van der Waals surface area contributed by atoms with Crippen LogP contribution in [0.1, 0.15) is 24.5 Å². The Kier molecular flexibility index (Phi) is 5.18. The smallest absolute Gasteiger partial charge is 0.388 e. The van der Waals surface area contributed by atoms with Crippen LogP contribution in [0.15, 0.2) is 48.5 Å². The molecule has 26 heavy (non-hydrogen) atoms. The first-order valence-electron chi connectivity index (χ1n) is 8.28. The van der Waals surface area contributed by atoms with Crippen LogP contribution in [0.3, 0.4) is 0 Å². The Labute approximate surface area is 147 Å². The van der Waals surface area contributed by atoms with Crippen LogP contribution in [-0.4, -0.2) is 23.9 Å². The van der Waals surface area contributed by atoms with Gasteiger partial charge < -0.3 is 10.0 Å². The zero-order chi connectivity index (χ0) is 18.9. The maximum atomic E-state index is 13.4. The highest BCUT2D eigenvalue weighted by Crippen LogP contribution is 2.43. The number of hydrogen-bond acceptors (Lipinski definition) is 2. The van der Waals surface area contributed by atoms with Crippen LogP contribution in [0.4, 0.5) is 27.6 Å². The molecule has 0 radical (unpaired) electrons. The summed E-state index contributed by atoms with van der Waals surface area (Å²) in [5.74, 6) is -1.60. The van der Waals surface area contributed by atoms with Gasteiger partial charge in [-0.15, -0.1) is 0 Å². The molecule has 1 heterocycles. The highest BCUT2D eigenvalue weighted by Gasteiger charge is 2.55. The average molecular weight is 371 g/mol. The summed E-state index contributed by atoms with van der Waals surface area (Å²) in [6, 6.07) is 8.53. The Morgan fingerprint density at radius 3 is 2.04 bits per heavy atom. The minimum atomic E-state index is -4.42. The first kappa shape index (κ1) is 18.6. The molecule has 0 bridgehead atoms. The van der Waals surface area contributed by atoms with Gasteiger partial charge in [0.25, 0.3) is 0 Å². The molecule has 2 nitrogen and oxygen atoms in total. The van der Waals surface area contributed by atoms with Gasteiger partial charge in [-0.3, -0.25) is 0 Å². The normalized spacial score (nSPS) is 21.4. The predicted octanol–water partition coefficient (Wildman–Crippen LogP) is 4.85. The number of halogens is 5. The fourth-order valence-corrected chi connectivity index (χ4v) is 3.40. The lowest BCUT2D eigenvalue weighted by molar-refractivity contribution is -0.175. The highest BCUT2D eigenvalue weighted by atomic mass is 19.4. The summed E-state index contributed by atoms with van der Waals surface area (Å²) in [7, 11) is 0. The zero-order valence-corrected chi connectivity index (χ0v) is 13.8. The molecule has 2 aromatic carbocycles. The van der Waals surface area contributed by atoms with E-state index in [-0.39, 0.29) is 19.4 Å². The Bertz CT molecular complexity index is 729. The summed E-state index contributed by atoms with van der Waals surface area (Å²) in [4.78, 5) is 1.20. The molecule has 1 aliphatic rings. The lowest BCUT2D eigenvalue weighted by atomic mass is 9.82. The van der Waals surface area contributed by atoms with E-state index in [4.69, 9.17) is 0 Å². The van der Waals surface area contributed by atoms with Crippen molar-refractivity contribution in [3.8, 4) is 0 Å². The number of rotatable bonds is 5. The van der Waals surface area contributed by atoms with Crippen LogP contribution < -0.4 is 4.90 Å². The van der Waals surface area contributed by atoms with Crippen LogP contribution in [0, 0.1) is 17.6 Å². The summed E-state index contributed by atoms with van der Waals surface area (Å²) in [6.07, 6.45) is -5.03. The molecule has 0 aromatic heterocycles. The molecule has 0 saturated carbocycles. The maximum absolute atomic E-state index is 13.4. The second-order valence-electron chi connectivity index (χ2n) is 6.52. The van der Waals surface area contributed by atoms with Crippen molar-refractivity contribution < 1.29 is 27.1 Å². The van der Waals surface area contributed by atoms with Crippen molar-refractivity contribution in [2.75, 3.05) is 11.4 Å². The number of anilines is 1. The van der Waals surface area contributed by atoms with Gasteiger partial charge in [-0.1, -0.05) is 12.1 Å². The third-order valence-electron chi connectivity index (χ3n) is 4.77. The van der Waals surface area contributed by atoms with Gasteiger partial charge >= 0.3 is 6.18 Å². The van der Waals surface area contributed by atoms with Gasteiger partial charge in [-0.05, 0) is 54.8 Å². The van der Waals surface area contributed by atoms with Crippen molar-refractivity contribution in [1.29, 1.82) is 0 Å². The lowest BCUT2D eigenvalue weighted by Gasteiger charge is -2.50. The van der Waals surface area contributed by atoms with Crippen molar-refractivity contribution in [2.24, 2.45) is 5.92 Å². The van der Waals surface area contributed by atoms with Gasteiger partial charge in [0.2, 0.25) is 0 Å². The summed E-state index contributed by atoms with van der Waals surface area (Å²) < 4.78 is 66.2. The average Bonchev–Trinajstić information content (AvgIpc) is 2.54. The molecule has 1 fully saturated rings. The molecular formula is C19H18F5NO. The molecule has 140 valence electrons. The van der Waals surface area contributed by atoms with E-state index in [2.05, 4.69) is 0 Å². The molecule has 3 atom stereocenters. The summed E-state index contributed by atoms with van der Waals surface area (Å²) in [5, 5.41) is 10.1. The summed E-state index contributed by atoms with van der Waals surface area (Å²) >= 11 is 0. The monoisotopic (exact) mass is 371 g/mol. The van der Waals surface area contributed by atoms with Gasteiger partial charge in [0.1, 0.15) is 17.7 Å². The van der Waals surface area contributed by atoms with Crippen molar-refractivity contribution in [2.45, 2.75) is 31.2 Å². The van der Waals surface area contributed by atoms with Gasteiger partial charge in [0.05, 0.1) is 6.10 Å². The van der Waals surface area contributed by atoms with Crippen LogP contribution in [0.2, 0.25) is 0 Å². The molecular weight excluding hydrogens is 353 g/mol. The molecule has 0 unspecified atom stereocenters. The van der Waals surface area contributed by atoms with Gasteiger partial charge in [-0.25, -0.2) is 8.78 Å². The summed E-state index contributed by atoms with van der Waals surface area (Å²) in [6.45, 7) is 0.186. The van der Waals surface area contributed by atoms with Gasteiger partial charge in [0, 0.05) is 18.2 Å². The van der Waals surface area contributed by atoms with Crippen LogP contribution in [-0.2, 0) is 0 Å². The van der Waals surface area contributed by atoms with Gasteiger partial charge in [-0.2, -0.15) is 13.2 Å². The number of benzene rings is 2. The standard InChI is InChI=1S/C19H18F5NO/c20-14-4-1-12(2-5-14)17(26)10-3-13-11-25(18(13)19(22,23)24)16-8-6-15(21)7-9-16/h1-2,4-9,13,17-18,26H,3,10-11H2/t13-,17+,18+/m1/s1. The number of alkyl halides is 3. The number of nitrogens with zero attached hydrogens (tertiary/aromatic N) is 1. The van der Waals surface area contributed by atoms with E-state index >= 15 is 0 Å². The van der Waals surface area contributed by atoms with E-state index in [9.17, 15) is 27.1 Å². The fourth-order valence-electron chi connectivity index (χ4n) is 3.40. The molecule has 7 heteroatoms. The minimum absolute atomic E-state index is 0.153. The second-order valence-corrected chi connectivity index (χ2v) is 6.52. The van der Waals surface area contributed by atoms with E-state index < -0.39 is 35.9 Å². The quantitative estimate of drug-likeness (QED) is 0.760. The molecule has 3 rings (SSSR count). The van der Waals surface area contributed by atoms with E-state index in [0.29, 0.717) is 11.3 Å². The van der Waals surface area contributed by atoms with Crippen LogP contribution in [0.5, 0.6) is 0 Å². The number of aliphatic hydroxyl groups is 1. The minimum Gasteiger partial charge on any atom is -0.388 e. The molecule has 1 aliphatic heterocycles. The van der Waals surface area contributed by atoms with Crippen molar-refractivity contribution >= 4 is 5.69 Å². The third-order valence-corrected chi connectivity index (χ3v) is 4.77. The van der Waals surface area contributed by atoms with E-state index in [1.165, 1.54) is 41.3 Å². The van der Waals surface area contributed by atoms with E-state index in [1.807, 2.05) is 0 Å². The first-order valence-corrected chi connectivity index (χ1v) is 8.28. The molecule has 0 spiro atoms. The fraction of sp³-hybridized carbons (Fsp3) is 0.368. The lowest BCUT2D eigenvalue weighted by Crippen LogP contribution is -2.63. The molecule has 0 aliphatic carbocycles. The first-order chi connectivity index (χ1) is 12.3. The maximum Gasteiger partial charge on any atom is 0.409 e. The molecule has 1 saturated heterocycles. The Balaban J connectivity index is 1.64. The Hall–Kier alpha value is -2.15. The Morgan fingerprint density at radius 2 is 1.50 bits per heavy atom. The van der Waals surface area contributed by atoms with Crippen molar-refractivity contribution in [1.82, 2.24) is 0 Å². The van der Waals surface area contributed by atoms with Crippen molar-refractivity contribution in [3.05, 3.63) is 65.7 Å². The Morgan fingerprint density at radius 1 is 0.962 bits per heavy atom. The summed E-state index contributed by atoms with van der Waals surface area (Å²) in [5.41, 5.74) is 0.800. The van der Waals surface area contributed by atoms with Gasteiger partial charge in [0.15, 0.2) is 0 Å². The van der Waals surface area contributed by atoms with E-state index in [1.54, 1.807) is 0 Å². The topological polar surface area (TPSA) is 23.5 Å². The van der Waals surface area contributed by atoms with Crippen molar-refractivity contribution in [3.63, 3.8) is 0 Å². The third kappa shape index (κ3) is 3.98. The second kappa shape index (κ2) is 7.23. The molecule has 0 amide bonds. The zero-order valence-electron chi connectivity index (χ0n) is 13.8. The SMILES string of the molecule is O[C@@H](CC[C@@H]1CN(c2ccc(F)cc2)[C@@H]1C(F)(F)F)c1ccc(F)cc1. The largest absolute Gasteiger partial charge is 0.409 e. The number of aliphatic hydroxyl groups excluding tert-OH is 1. The van der Waals surface area contributed by atoms with E-state index in [0.717, 1.165) is 12.1 Å². The molecule has 1 N–H and O–H groups in total. The predicted molar refractivity (Wildman–Crippen MR) is 87.7 cm³/mol. The molecule has 2 aromatic rings. The van der Waals surface area contributed by atoms with Crippen LogP contribution >= 0.6 is 0 Å². The highest BCUT2D eigenvalue weighted by molar-refractivity contribution is 5.51. The van der Waals surface area contributed by atoms with Crippen LogP contribution in [0.25, 0.3) is 0 Å². The number of hydrogen-bond donors (Lipinski definition) is 1.